The fraction of sp³-hybridized carbons (Fsp3) is 0.167. The molecule has 1 heterocycles. The third kappa shape index (κ3) is 4.12. The van der Waals surface area contributed by atoms with Gasteiger partial charge in [-0.15, -0.1) is 0 Å². The summed E-state index contributed by atoms with van der Waals surface area (Å²) in [5.74, 6) is -1.45. The molecule has 0 aromatic heterocycles. The number of carbonyl (C=O) groups is 2. The standard InChI is InChI=1S/C24H20F2N2O3/c1-24(20-13-18(25)9-12-21(20)26)22(29)28(23(30)27-24)14-16-7-10-19(11-8-16)31-15-17-5-3-2-4-6-17/h2-13H,14-15H2,1H3,(H,27,30). The molecule has 1 atom stereocenters. The summed E-state index contributed by atoms with van der Waals surface area (Å²) in [4.78, 5) is 26.4. The van der Waals surface area contributed by atoms with E-state index in [1.165, 1.54) is 6.92 Å². The minimum Gasteiger partial charge on any atom is -0.489 e. The van der Waals surface area contributed by atoms with Crippen molar-refractivity contribution in [1.29, 1.82) is 0 Å². The highest BCUT2D eigenvalue weighted by Gasteiger charge is 2.50. The van der Waals surface area contributed by atoms with Crippen LogP contribution in [-0.2, 0) is 23.5 Å². The SMILES string of the molecule is CC1(c2cc(F)ccc2F)NC(=O)N(Cc2ccc(OCc3ccccc3)cc2)C1=O. The van der Waals surface area contributed by atoms with Crippen molar-refractivity contribution in [2.45, 2.75) is 25.6 Å². The summed E-state index contributed by atoms with van der Waals surface area (Å²) in [7, 11) is 0. The van der Waals surface area contributed by atoms with Crippen LogP contribution in [0, 0.1) is 11.6 Å². The lowest BCUT2D eigenvalue weighted by Gasteiger charge is -2.23. The molecule has 0 aliphatic carbocycles. The Kier molecular flexibility index (Phi) is 5.42. The Balaban J connectivity index is 1.46. The van der Waals surface area contributed by atoms with Gasteiger partial charge in [0.05, 0.1) is 6.54 Å². The fourth-order valence-electron chi connectivity index (χ4n) is 3.52. The van der Waals surface area contributed by atoms with E-state index in [9.17, 15) is 18.4 Å². The highest BCUT2D eigenvalue weighted by Crippen LogP contribution is 2.32. The van der Waals surface area contributed by atoms with Gasteiger partial charge in [0.15, 0.2) is 0 Å². The lowest BCUT2D eigenvalue weighted by molar-refractivity contribution is -0.131. The minimum atomic E-state index is -1.68. The van der Waals surface area contributed by atoms with E-state index in [4.69, 9.17) is 4.74 Å². The molecule has 3 amide bonds. The molecule has 1 fully saturated rings. The van der Waals surface area contributed by atoms with Crippen molar-refractivity contribution in [2.75, 3.05) is 0 Å². The van der Waals surface area contributed by atoms with Crippen LogP contribution >= 0.6 is 0 Å². The molecule has 0 radical (unpaired) electrons. The number of ether oxygens (including phenoxy) is 1. The van der Waals surface area contributed by atoms with Crippen LogP contribution in [0.15, 0.2) is 72.8 Å². The number of benzene rings is 3. The highest BCUT2D eigenvalue weighted by atomic mass is 19.1. The average molecular weight is 422 g/mol. The number of halogens is 2. The molecular weight excluding hydrogens is 402 g/mol. The van der Waals surface area contributed by atoms with Crippen LogP contribution in [0.25, 0.3) is 0 Å². The first-order chi connectivity index (χ1) is 14.9. The lowest BCUT2D eigenvalue weighted by atomic mass is 9.91. The Morgan fingerprint density at radius 3 is 2.35 bits per heavy atom. The van der Waals surface area contributed by atoms with Crippen molar-refractivity contribution in [3.05, 3.63) is 101 Å². The first-order valence-corrected chi connectivity index (χ1v) is 9.72. The third-order valence-corrected chi connectivity index (χ3v) is 5.25. The van der Waals surface area contributed by atoms with Crippen LogP contribution in [0.4, 0.5) is 13.6 Å². The molecule has 1 saturated heterocycles. The van der Waals surface area contributed by atoms with Crippen molar-refractivity contribution in [3.63, 3.8) is 0 Å². The monoisotopic (exact) mass is 422 g/mol. The van der Waals surface area contributed by atoms with Crippen LogP contribution in [0.5, 0.6) is 5.75 Å². The summed E-state index contributed by atoms with van der Waals surface area (Å²) in [5, 5.41) is 2.49. The second-order valence-corrected chi connectivity index (χ2v) is 7.49. The van der Waals surface area contributed by atoms with E-state index in [0.717, 1.165) is 28.7 Å². The number of imide groups is 1. The highest BCUT2D eigenvalue weighted by molar-refractivity contribution is 6.07. The maximum Gasteiger partial charge on any atom is 0.325 e. The zero-order chi connectivity index (χ0) is 22.0. The number of carbonyl (C=O) groups excluding carboxylic acids is 2. The van der Waals surface area contributed by atoms with Crippen LogP contribution in [-0.4, -0.2) is 16.8 Å². The molecule has 4 rings (SSSR count). The Bertz CT molecular complexity index is 1120. The van der Waals surface area contributed by atoms with Gasteiger partial charge in [0.2, 0.25) is 0 Å². The smallest absolute Gasteiger partial charge is 0.325 e. The second kappa shape index (κ2) is 8.18. The number of amides is 3. The first kappa shape index (κ1) is 20.5. The van der Waals surface area contributed by atoms with Gasteiger partial charge >= 0.3 is 6.03 Å². The van der Waals surface area contributed by atoms with E-state index in [1.807, 2.05) is 30.3 Å². The molecule has 0 spiro atoms. The largest absolute Gasteiger partial charge is 0.489 e. The predicted molar refractivity (Wildman–Crippen MR) is 110 cm³/mol. The molecule has 7 heteroatoms. The van der Waals surface area contributed by atoms with Crippen LogP contribution in [0.1, 0.15) is 23.6 Å². The van der Waals surface area contributed by atoms with Gasteiger partial charge in [0.25, 0.3) is 5.91 Å². The molecule has 3 aromatic carbocycles. The van der Waals surface area contributed by atoms with E-state index in [0.29, 0.717) is 17.9 Å². The first-order valence-electron chi connectivity index (χ1n) is 9.72. The van der Waals surface area contributed by atoms with Crippen LogP contribution < -0.4 is 10.1 Å². The molecule has 3 aromatic rings. The van der Waals surface area contributed by atoms with Gasteiger partial charge in [-0.3, -0.25) is 9.69 Å². The average Bonchev–Trinajstić information content (AvgIpc) is 2.99. The summed E-state index contributed by atoms with van der Waals surface area (Å²) < 4.78 is 33.6. The van der Waals surface area contributed by atoms with Gasteiger partial charge in [-0.1, -0.05) is 42.5 Å². The molecule has 1 aliphatic rings. The van der Waals surface area contributed by atoms with Crippen molar-refractivity contribution < 1.29 is 23.1 Å². The van der Waals surface area contributed by atoms with Crippen molar-refractivity contribution >= 4 is 11.9 Å². The summed E-state index contributed by atoms with van der Waals surface area (Å²) in [5.41, 5.74) is -0.158. The number of hydrogen-bond donors (Lipinski definition) is 1. The van der Waals surface area contributed by atoms with Crippen molar-refractivity contribution in [2.24, 2.45) is 0 Å². The van der Waals surface area contributed by atoms with E-state index >= 15 is 0 Å². The lowest BCUT2D eigenvalue weighted by Crippen LogP contribution is -2.41. The third-order valence-electron chi connectivity index (χ3n) is 5.25. The maximum atomic E-state index is 14.3. The molecule has 1 unspecified atom stereocenters. The van der Waals surface area contributed by atoms with Crippen molar-refractivity contribution in [1.82, 2.24) is 10.2 Å². The molecule has 158 valence electrons. The molecule has 31 heavy (non-hydrogen) atoms. The zero-order valence-corrected chi connectivity index (χ0v) is 16.8. The van der Waals surface area contributed by atoms with E-state index < -0.39 is 29.1 Å². The normalized spacial score (nSPS) is 18.2. The molecule has 1 aliphatic heterocycles. The summed E-state index contributed by atoms with van der Waals surface area (Å²) in [6.07, 6.45) is 0. The predicted octanol–water partition coefficient (Wildman–Crippen LogP) is 4.51. The van der Waals surface area contributed by atoms with Crippen molar-refractivity contribution in [3.8, 4) is 5.75 Å². The summed E-state index contributed by atoms with van der Waals surface area (Å²) >= 11 is 0. The number of nitrogens with zero attached hydrogens (tertiary/aromatic N) is 1. The Morgan fingerprint density at radius 2 is 1.65 bits per heavy atom. The van der Waals surface area contributed by atoms with Gasteiger partial charge in [0.1, 0.15) is 29.5 Å². The number of hydrogen-bond acceptors (Lipinski definition) is 3. The quantitative estimate of drug-likeness (QED) is 0.595. The van der Waals surface area contributed by atoms with Gasteiger partial charge < -0.3 is 10.1 Å². The minimum absolute atomic E-state index is 0.00381. The maximum absolute atomic E-state index is 14.3. The van der Waals surface area contributed by atoms with Crippen LogP contribution in [0.3, 0.4) is 0 Å². The second-order valence-electron chi connectivity index (χ2n) is 7.49. The summed E-state index contributed by atoms with van der Waals surface area (Å²) in [6.45, 7) is 1.78. The number of urea groups is 1. The Labute approximate surface area is 178 Å². The zero-order valence-electron chi connectivity index (χ0n) is 16.8. The molecule has 0 saturated carbocycles. The number of rotatable bonds is 6. The van der Waals surface area contributed by atoms with Crippen LogP contribution in [0.2, 0.25) is 0 Å². The molecule has 0 bridgehead atoms. The Morgan fingerprint density at radius 1 is 0.935 bits per heavy atom. The molecule has 1 N–H and O–H groups in total. The van der Waals surface area contributed by atoms with E-state index in [1.54, 1.807) is 24.3 Å². The van der Waals surface area contributed by atoms with Gasteiger partial charge in [-0.05, 0) is 48.4 Å². The summed E-state index contributed by atoms with van der Waals surface area (Å²) in [6, 6.07) is 18.9. The van der Waals surface area contributed by atoms with E-state index in [-0.39, 0.29) is 12.1 Å². The Hall–Kier alpha value is -3.74. The van der Waals surface area contributed by atoms with Gasteiger partial charge in [0, 0.05) is 5.56 Å². The molecular formula is C24H20F2N2O3. The topological polar surface area (TPSA) is 58.6 Å². The van der Waals surface area contributed by atoms with Gasteiger partial charge in [-0.2, -0.15) is 0 Å². The number of nitrogens with one attached hydrogen (secondary N) is 1. The van der Waals surface area contributed by atoms with Gasteiger partial charge in [-0.25, -0.2) is 13.6 Å². The molecule has 5 nitrogen and oxygen atoms in total. The fourth-order valence-corrected chi connectivity index (χ4v) is 3.52. The van der Waals surface area contributed by atoms with E-state index in [2.05, 4.69) is 5.32 Å².